The predicted molar refractivity (Wildman–Crippen MR) is 131 cm³/mol. The van der Waals surface area contributed by atoms with Gasteiger partial charge in [-0.2, -0.15) is 0 Å². The number of allylic oxidation sites excluding steroid dienone is 1. The molecule has 0 bridgehead atoms. The maximum atomic E-state index is 15.0. The first-order valence-electron chi connectivity index (χ1n) is 11.1. The number of carbonyl (C=O) groups is 2. The van der Waals surface area contributed by atoms with E-state index in [1.807, 2.05) is 35.7 Å². The second kappa shape index (κ2) is 10.3. The zero-order chi connectivity index (χ0) is 24.2. The Labute approximate surface area is 202 Å². The number of nitrogens with one attached hydrogen (secondary N) is 1. The Morgan fingerprint density at radius 3 is 2.56 bits per heavy atom. The highest BCUT2D eigenvalue weighted by molar-refractivity contribution is 8.16. The maximum Gasteiger partial charge on any atom is 0.338 e. The van der Waals surface area contributed by atoms with Crippen LogP contribution in [0.15, 0.2) is 82.0 Å². The van der Waals surface area contributed by atoms with Crippen molar-refractivity contribution >= 4 is 28.8 Å². The summed E-state index contributed by atoms with van der Waals surface area (Å²) >= 11 is 1.35. The number of benzene rings is 2. The van der Waals surface area contributed by atoms with Gasteiger partial charge in [0.25, 0.3) is 0 Å². The first-order valence-corrected chi connectivity index (χ1v) is 11.9. The number of amides is 1. The van der Waals surface area contributed by atoms with Crippen molar-refractivity contribution in [3.8, 4) is 0 Å². The van der Waals surface area contributed by atoms with Crippen molar-refractivity contribution in [2.24, 2.45) is 4.99 Å². The molecule has 176 valence electrons. The van der Waals surface area contributed by atoms with E-state index in [0.717, 1.165) is 5.56 Å². The van der Waals surface area contributed by atoms with E-state index in [-0.39, 0.29) is 24.0 Å². The molecule has 1 atom stereocenters. The summed E-state index contributed by atoms with van der Waals surface area (Å²) in [4.78, 5) is 32.2. The number of hydrogen-bond acceptors (Lipinski definition) is 6. The number of nitrogens with zero attached hydrogens (tertiary/aromatic N) is 2. The molecule has 0 aliphatic carbocycles. The molecule has 2 aromatic carbocycles. The van der Waals surface area contributed by atoms with Crippen molar-refractivity contribution in [1.29, 1.82) is 0 Å². The van der Waals surface area contributed by atoms with Gasteiger partial charge in [-0.05, 0) is 37.8 Å². The van der Waals surface area contributed by atoms with Gasteiger partial charge in [-0.15, -0.1) is 0 Å². The number of fused-ring (bicyclic) bond motifs is 1. The van der Waals surface area contributed by atoms with Gasteiger partial charge >= 0.3 is 5.97 Å². The molecule has 2 heterocycles. The summed E-state index contributed by atoms with van der Waals surface area (Å²) in [6, 6.07) is 15.2. The second-order valence-electron chi connectivity index (χ2n) is 8.31. The summed E-state index contributed by atoms with van der Waals surface area (Å²) in [7, 11) is 0. The van der Waals surface area contributed by atoms with Crippen LogP contribution in [0.25, 0.3) is 0 Å². The molecule has 0 saturated carbocycles. The molecule has 0 fully saturated rings. The lowest BCUT2D eigenvalue weighted by Gasteiger charge is -2.36. The van der Waals surface area contributed by atoms with E-state index in [4.69, 9.17) is 4.74 Å². The molecule has 0 unspecified atom stereocenters. The number of ether oxygens (including phenoxy) is 1. The lowest BCUT2D eigenvalue weighted by Crippen LogP contribution is -2.38. The molecule has 0 spiro atoms. The Balaban J connectivity index is 1.63. The molecule has 8 heteroatoms. The Kier molecular flexibility index (Phi) is 7.17. The lowest BCUT2D eigenvalue weighted by atomic mass is 9.93. The van der Waals surface area contributed by atoms with Crippen molar-refractivity contribution < 1.29 is 18.7 Å². The Morgan fingerprint density at radius 1 is 1.15 bits per heavy atom. The number of amidine groups is 1. The molecule has 0 radical (unpaired) electrons. The second-order valence-corrected chi connectivity index (χ2v) is 9.14. The van der Waals surface area contributed by atoms with Crippen LogP contribution in [-0.4, -0.2) is 28.0 Å². The molecular formula is C26H26FN3O3S. The van der Waals surface area contributed by atoms with Crippen molar-refractivity contribution in [2.45, 2.75) is 45.9 Å². The number of hydrogen-bond donors (Lipinski definition) is 1. The molecule has 2 aromatic rings. The van der Waals surface area contributed by atoms with Crippen molar-refractivity contribution in [1.82, 2.24) is 10.2 Å². The number of esters is 1. The van der Waals surface area contributed by atoms with E-state index in [0.29, 0.717) is 28.7 Å². The summed E-state index contributed by atoms with van der Waals surface area (Å²) in [5, 5.41) is 5.35. The van der Waals surface area contributed by atoms with Gasteiger partial charge in [-0.1, -0.05) is 60.3 Å². The molecular weight excluding hydrogens is 453 g/mol. The van der Waals surface area contributed by atoms with Crippen molar-refractivity contribution in [2.75, 3.05) is 0 Å². The number of halogens is 1. The van der Waals surface area contributed by atoms with Gasteiger partial charge in [0, 0.05) is 17.8 Å². The minimum absolute atomic E-state index is 0.0648. The standard InChI is InChI=1S/C26H26FN3O3S/c1-16(2)33-25(32)23-17(3)29-26-30(24(23)20-11-7-8-12-21(20)27)19(15-34-26)13-22(31)28-14-18-9-5-4-6-10-18/h4-12,15-16,24H,13-14H2,1-3H3,(H,28,31)/t24-/m0/s1. The maximum absolute atomic E-state index is 15.0. The molecule has 0 aromatic heterocycles. The summed E-state index contributed by atoms with van der Waals surface area (Å²) < 4.78 is 20.5. The highest BCUT2D eigenvalue weighted by Crippen LogP contribution is 2.45. The van der Waals surface area contributed by atoms with Gasteiger partial charge in [0.1, 0.15) is 5.82 Å². The van der Waals surface area contributed by atoms with Crippen LogP contribution in [0.5, 0.6) is 0 Å². The molecule has 1 amide bonds. The normalized spacial score (nSPS) is 17.3. The van der Waals surface area contributed by atoms with Gasteiger partial charge in [0.2, 0.25) is 5.91 Å². The van der Waals surface area contributed by atoms with Gasteiger partial charge in [0.05, 0.1) is 29.8 Å². The van der Waals surface area contributed by atoms with E-state index in [1.165, 1.54) is 17.8 Å². The first kappa shape index (κ1) is 23.8. The zero-order valence-corrected chi connectivity index (χ0v) is 20.1. The third kappa shape index (κ3) is 5.07. The van der Waals surface area contributed by atoms with E-state index < -0.39 is 17.8 Å². The first-order chi connectivity index (χ1) is 16.3. The predicted octanol–water partition coefficient (Wildman–Crippen LogP) is 5.06. The van der Waals surface area contributed by atoms with Crippen LogP contribution in [0.4, 0.5) is 4.39 Å². The minimum Gasteiger partial charge on any atom is -0.459 e. The monoisotopic (exact) mass is 479 g/mol. The van der Waals surface area contributed by atoms with Gasteiger partial charge < -0.3 is 15.0 Å². The smallest absolute Gasteiger partial charge is 0.338 e. The third-order valence-electron chi connectivity index (χ3n) is 5.44. The molecule has 0 saturated heterocycles. The fraction of sp³-hybridized carbons (Fsp3) is 0.269. The summed E-state index contributed by atoms with van der Waals surface area (Å²) in [5.74, 6) is -1.17. The average Bonchev–Trinajstić information content (AvgIpc) is 3.19. The summed E-state index contributed by atoms with van der Waals surface area (Å²) in [5.41, 5.74) is 2.70. The largest absolute Gasteiger partial charge is 0.459 e. The molecule has 2 aliphatic heterocycles. The molecule has 2 aliphatic rings. The fourth-order valence-corrected chi connectivity index (χ4v) is 4.89. The van der Waals surface area contributed by atoms with Gasteiger partial charge in [-0.3, -0.25) is 4.79 Å². The fourth-order valence-electron chi connectivity index (χ4n) is 3.92. The Morgan fingerprint density at radius 2 is 1.85 bits per heavy atom. The van der Waals surface area contributed by atoms with Crippen molar-refractivity contribution in [3.05, 3.63) is 93.9 Å². The van der Waals surface area contributed by atoms with Crippen LogP contribution in [0.2, 0.25) is 0 Å². The van der Waals surface area contributed by atoms with Crippen LogP contribution in [0.1, 0.15) is 44.4 Å². The zero-order valence-electron chi connectivity index (χ0n) is 19.2. The molecule has 6 nitrogen and oxygen atoms in total. The van der Waals surface area contributed by atoms with Crippen molar-refractivity contribution in [3.63, 3.8) is 0 Å². The van der Waals surface area contributed by atoms with Crippen LogP contribution in [0, 0.1) is 5.82 Å². The molecule has 34 heavy (non-hydrogen) atoms. The number of rotatable bonds is 7. The number of carbonyl (C=O) groups excluding carboxylic acids is 2. The molecule has 1 N–H and O–H groups in total. The van der Waals surface area contributed by atoms with E-state index in [1.54, 1.807) is 43.9 Å². The van der Waals surface area contributed by atoms with Crippen LogP contribution < -0.4 is 5.32 Å². The Hall–Kier alpha value is -3.39. The Bertz CT molecular complexity index is 1190. The average molecular weight is 480 g/mol. The highest BCUT2D eigenvalue weighted by atomic mass is 32.2. The van der Waals surface area contributed by atoms with Gasteiger partial charge in [-0.25, -0.2) is 14.2 Å². The van der Waals surface area contributed by atoms with Crippen LogP contribution >= 0.6 is 11.8 Å². The lowest BCUT2D eigenvalue weighted by molar-refractivity contribution is -0.143. The van der Waals surface area contributed by atoms with Gasteiger partial charge in [0.15, 0.2) is 5.17 Å². The van der Waals surface area contributed by atoms with E-state index >= 15 is 4.39 Å². The number of aliphatic imine (C=N–C) groups is 1. The SMILES string of the molecule is CC1=C(C(=O)OC(C)C)[C@H](c2ccccc2F)N2C(CC(=O)NCc3ccccc3)=CSC2=N1. The van der Waals surface area contributed by atoms with E-state index in [2.05, 4.69) is 10.3 Å². The van der Waals surface area contributed by atoms with E-state index in [9.17, 15) is 9.59 Å². The molecule has 4 rings (SSSR count). The highest BCUT2D eigenvalue weighted by Gasteiger charge is 2.42. The number of thioether (sulfide) groups is 1. The quantitative estimate of drug-likeness (QED) is 0.562. The summed E-state index contributed by atoms with van der Waals surface area (Å²) in [6.07, 6.45) is -0.277. The topological polar surface area (TPSA) is 71.0 Å². The minimum atomic E-state index is -0.789. The third-order valence-corrected chi connectivity index (χ3v) is 6.33. The van der Waals surface area contributed by atoms with Crippen LogP contribution in [-0.2, 0) is 20.9 Å². The summed E-state index contributed by atoms with van der Waals surface area (Å²) in [6.45, 7) is 5.65. The van der Waals surface area contributed by atoms with Crippen LogP contribution in [0.3, 0.4) is 0 Å².